The van der Waals surface area contributed by atoms with Crippen LogP contribution in [-0.4, -0.2) is 10.8 Å². The SMILES string of the molecule is CC1(C(=O)c2c[nH]c3ccc(F)cc23)CCCCC1. The van der Waals surface area contributed by atoms with Gasteiger partial charge < -0.3 is 4.98 Å². The molecule has 1 aromatic carbocycles. The van der Waals surface area contributed by atoms with Gasteiger partial charge in [0.15, 0.2) is 5.78 Å². The van der Waals surface area contributed by atoms with Crippen LogP contribution in [0.4, 0.5) is 4.39 Å². The molecule has 1 aliphatic rings. The molecule has 0 atom stereocenters. The van der Waals surface area contributed by atoms with E-state index in [0.717, 1.165) is 31.2 Å². The predicted octanol–water partition coefficient (Wildman–Crippen LogP) is 4.46. The summed E-state index contributed by atoms with van der Waals surface area (Å²) in [4.78, 5) is 15.8. The predicted molar refractivity (Wildman–Crippen MR) is 73.8 cm³/mol. The number of hydrogen-bond acceptors (Lipinski definition) is 1. The first-order valence-electron chi connectivity index (χ1n) is 6.92. The van der Waals surface area contributed by atoms with Gasteiger partial charge in [-0.1, -0.05) is 26.2 Å². The summed E-state index contributed by atoms with van der Waals surface area (Å²) in [7, 11) is 0. The lowest BCUT2D eigenvalue weighted by Crippen LogP contribution is -2.30. The van der Waals surface area contributed by atoms with Gasteiger partial charge in [-0.05, 0) is 31.0 Å². The zero-order valence-corrected chi connectivity index (χ0v) is 11.1. The zero-order chi connectivity index (χ0) is 13.5. The van der Waals surface area contributed by atoms with E-state index in [4.69, 9.17) is 0 Å². The second kappa shape index (κ2) is 4.48. The van der Waals surface area contributed by atoms with Gasteiger partial charge in [0.2, 0.25) is 0 Å². The summed E-state index contributed by atoms with van der Waals surface area (Å²) in [5.41, 5.74) is 1.18. The first kappa shape index (κ1) is 12.4. The van der Waals surface area contributed by atoms with E-state index in [2.05, 4.69) is 4.98 Å². The lowest BCUT2D eigenvalue weighted by molar-refractivity contribution is 0.0751. The van der Waals surface area contributed by atoms with Gasteiger partial charge in [0.05, 0.1) is 0 Å². The number of ketones is 1. The van der Waals surface area contributed by atoms with E-state index >= 15 is 0 Å². The molecule has 0 radical (unpaired) electrons. The van der Waals surface area contributed by atoms with Crippen molar-refractivity contribution in [2.24, 2.45) is 5.41 Å². The standard InChI is InChI=1S/C16H18FNO/c1-16(7-3-2-4-8-16)15(19)13-10-18-14-6-5-11(17)9-12(13)14/h5-6,9-10,18H,2-4,7-8H2,1H3. The van der Waals surface area contributed by atoms with Crippen LogP contribution in [0.1, 0.15) is 49.4 Å². The number of Topliss-reactive ketones (excluding diaryl/α,β-unsaturated/α-hetero) is 1. The van der Waals surface area contributed by atoms with E-state index in [-0.39, 0.29) is 17.0 Å². The molecule has 1 saturated carbocycles. The van der Waals surface area contributed by atoms with Crippen LogP contribution in [0, 0.1) is 11.2 Å². The summed E-state index contributed by atoms with van der Waals surface area (Å²) in [5.74, 6) is -0.140. The smallest absolute Gasteiger partial charge is 0.170 e. The Labute approximate surface area is 112 Å². The summed E-state index contributed by atoms with van der Waals surface area (Å²) in [6.07, 6.45) is 7.04. The lowest BCUT2D eigenvalue weighted by Gasteiger charge is -2.31. The minimum Gasteiger partial charge on any atom is -0.360 e. The molecule has 0 saturated heterocycles. The monoisotopic (exact) mass is 259 g/mol. The third-order valence-electron chi connectivity index (χ3n) is 4.39. The van der Waals surface area contributed by atoms with E-state index in [1.165, 1.54) is 18.6 Å². The third-order valence-corrected chi connectivity index (χ3v) is 4.39. The number of aromatic nitrogens is 1. The molecule has 1 fully saturated rings. The minimum absolute atomic E-state index is 0.157. The highest BCUT2D eigenvalue weighted by molar-refractivity contribution is 6.10. The number of carbonyl (C=O) groups is 1. The van der Waals surface area contributed by atoms with Gasteiger partial charge in [-0.25, -0.2) is 4.39 Å². The summed E-state index contributed by atoms with van der Waals surface area (Å²) in [6, 6.07) is 4.55. The average Bonchev–Trinajstić information content (AvgIpc) is 2.81. The van der Waals surface area contributed by atoms with E-state index in [1.54, 1.807) is 12.3 Å². The van der Waals surface area contributed by atoms with Crippen molar-refractivity contribution in [2.45, 2.75) is 39.0 Å². The van der Waals surface area contributed by atoms with Gasteiger partial charge in [0.25, 0.3) is 0 Å². The van der Waals surface area contributed by atoms with Gasteiger partial charge >= 0.3 is 0 Å². The van der Waals surface area contributed by atoms with Crippen molar-refractivity contribution in [3.8, 4) is 0 Å². The van der Waals surface area contributed by atoms with E-state index in [0.29, 0.717) is 10.9 Å². The molecule has 2 aromatic rings. The van der Waals surface area contributed by atoms with Crippen LogP contribution in [0.2, 0.25) is 0 Å². The third kappa shape index (κ3) is 2.07. The number of benzene rings is 1. The zero-order valence-electron chi connectivity index (χ0n) is 11.1. The van der Waals surface area contributed by atoms with E-state index in [1.807, 2.05) is 6.92 Å². The summed E-state index contributed by atoms with van der Waals surface area (Å²) in [5, 5.41) is 0.705. The average molecular weight is 259 g/mol. The number of nitrogens with one attached hydrogen (secondary N) is 1. The summed E-state index contributed by atoms with van der Waals surface area (Å²) < 4.78 is 13.4. The highest BCUT2D eigenvalue weighted by Gasteiger charge is 2.36. The van der Waals surface area contributed by atoms with Crippen molar-refractivity contribution in [1.29, 1.82) is 0 Å². The molecule has 1 aromatic heterocycles. The Morgan fingerprint density at radius 3 is 2.74 bits per heavy atom. The Balaban J connectivity index is 2.04. The molecular weight excluding hydrogens is 241 g/mol. The maximum absolute atomic E-state index is 13.4. The molecule has 0 unspecified atom stereocenters. The second-order valence-electron chi connectivity index (χ2n) is 5.84. The quantitative estimate of drug-likeness (QED) is 0.793. The van der Waals surface area contributed by atoms with Crippen LogP contribution in [0.25, 0.3) is 10.9 Å². The fourth-order valence-electron chi connectivity index (χ4n) is 3.16. The number of H-pyrrole nitrogens is 1. The maximum atomic E-state index is 13.4. The molecule has 1 N–H and O–H groups in total. The van der Waals surface area contributed by atoms with Crippen LogP contribution in [-0.2, 0) is 0 Å². The highest BCUT2D eigenvalue weighted by atomic mass is 19.1. The first-order chi connectivity index (χ1) is 9.10. The van der Waals surface area contributed by atoms with Crippen LogP contribution in [0.15, 0.2) is 24.4 Å². The Morgan fingerprint density at radius 2 is 2.00 bits per heavy atom. The maximum Gasteiger partial charge on any atom is 0.170 e. The molecule has 0 spiro atoms. The highest BCUT2D eigenvalue weighted by Crippen LogP contribution is 2.39. The lowest BCUT2D eigenvalue weighted by atomic mass is 9.71. The van der Waals surface area contributed by atoms with Crippen LogP contribution in [0.3, 0.4) is 0 Å². The van der Waals surface area contributed by atoms with Crippen LogP contribution in [0.5, 0.6) is 0 Å². The Bertz CT molecular complexity index is 623. The fraction of sp³-hybridized carbons (Fsp3) is 0.438. The molecule has 0 bridgehead atoms. The van der Waals surface area contributed by atoms with Crippen molar-refractivity contribution in [3.63, 3.8) is 0 Å². The normalized spacial score (nSPS) is 18.6. The number of halogens is 1. The van der Waals surface area contributed by atoms with Gasteiger partial charge in [-0.2, -0.15) is 0 Å². The van der Waals surface area contributed by atoms with E-state index in [9.17, 15) is 9.18 Å². The fourth-order valence-corrected chi connectivity index (χ4v) is 3.16. The molecule has 2 nitrogen and oxygen atoms in total. The van der Waals surface area contributed by atoms with Crippen molar-refractivity contribution in [2.75, 3.05) is 0 Å². The van der Waals surface area contributed by atoms with E-state index < -0.39 is 0 Å². The molecular formula is C16H18FNO. The minimum atomic E-state index is -0.296. The first-order valence-corrected chi connectivity index (χ1v) is 6.92. The summed E-state index contributed by atoms with van der Waals surface area (Å²) >= 11 is 0. The summed E-state index contributed by atoms with van der Waals surface area (Å²) in [6.45, 7) is 2.05. The Hall–Kier alpha value is -1.64. The van der Waals surface area contributed by atoms with Crippen molar-refractivity contribution in [3.05, 3.63) is 35.8 Å². The van der Waals surface area contributed by atoms with Gasteiger partial charge in [-0.3, -0.25) is 4.79 Å². The molecule has 1 heterocycles. The number of aromatic amines is 1. The van der Waals surface area contributed by atoms with Crippen molar-refractivity contribution >= 4 is 16.7 Å². The molecule has 0 amide bonds. The largest absolute Gasteiger partial charge is 0.360 e. The van der Waals surface area contributed by atoms with Crippen LogP contribution < -0.4 is 0 Å². The molecule has 3 heteroatoms. The molecule has 19 heavy (non-hydrogen) atoms. The van der Waals surface area contributed by atoms with Gasteiger partial charge in [0, 0.05) is 28.1 Å². The molecule has 0 aliphatic heterocycles. The topological polar surface area (TPSA) is 32.9 Å². The Morgan fingerprint density at radius 1 is 1.26 bits per heavy atom. The Kier molecular flexibility index (Phi) is 2.92. The molecule has 3 rings (SSSR count). The molecule has 100 valence electrons. The van der Waals surface area contributed by atoms with Crippen molar-refractivity contribution < 1.29 is 9.18 Å². The number of rotatable bonds is 2. The van der Waals surface area contributed by atoms with Crippen molar-refractivity contribution in [1.82, 2.24) is 4.98 Å². The number of carbonyl (C=O) groups excluding carboxylic acids is 1. The molecule has 1 aliphatic carbocycles. The van der Waals surface area contributed by atoms with Gasteiger partial charge in [0.1, 0.15) is 5.82 Å². The van der Waals surface area contributed by atoms with Crippen LogP contribution >= 0.6 is 0 Å². The van der Waals surface area contributed by atoms with Gasteiger partial charge in [-0.15, -0.1) is 0 Å². The number of fused-ring (bicyclic) bond motifs is 1. The second-order valence-corrected chi connectivity index (χ2v) is 5.84. The number of hydrogen-bond donors (Lipinski definition) is 1.